The first-order valence-corrected chi connectivity index (χ1v) is 6.76. The molecule has 0 unspecified atom stereocenters. The second-order valence-corrected chi connectivity index (χ2v) is 6.08. The Balaban J connectivity index is 2.00. The van der Waals surface area contributed by atoms with Crippen LogP contribution in [0.5, 0.6) is 0 Å². The van der Waals surface area contributed by atoms with E-state index in [0.717, 1.165) is 11.5 Å². The van der Waals surface area contributed by atoms with Gasteiger partial charge in [0.1, 0.15) is 5.82 Å². The number of anilines is 1. The van der Waals surface area contributed by atoms with Gasteiger partial charge in [-0.15, -0.1) is 0 Å². The topological polar surface area (TPSA) is 55.0 Å². The zero-order valence-electron chi connectivity index (χ0n) is 11.7. The monoisotopic (exact) mass is 248 g/mol. The molecular weight excluding hydrogens is 224 g/mol. The lowest BCUT2D eigenvalue weighted by Gasteiger charge is -2.39. The molecular formula is C14H24N4. The lowest BCUT2D eigenvalue weighted by Crippen LogP contribution is -2.37. The highest BCUT2D eigenvalue weighted by atomic mass is 15.2. The lowest BCUT2D eigenvalue weighted by molar-refractivity contribution is 0.222. The van der Waals surface area contributed by atoms with Crippen LogP contribution < -0.4 is 10.6 Å². The van der Waals surface area contributed by atoms with Crippen LogP contribution in [0, 0.1) is 5.41 Å². The fourth-order valence-corrected chi connectivity index (χ4v) is 2.59. The first kappa shape index (κ1) is 13.3. The van der Waals surface area contributed by atoms with Gasteiger partial charge in [-0.2, -0.15) is 0 Å². The average Bonchev–Trinajstić information content (AvgIpc) is 2.38. The molecule has 1 heterocycles. The molecule has 0 bridgehead atoms. The van der Waals surface area contributed by atoms with Gasteiger partial charge in [0.15, 0.2) is 0 Å². The molecule has 4 heteroatoms. The van der Waals surface area contributed by atoms with E-state index in [-0.39, 0.29) is 0 Å². The van der Waals surface area contributed by atoms with E-state index in [2.05, 4.69) is 35.8 Å². The number of hydrogen-bond acceptors (Lipinski definition) is 4. The molecule has 0 spiro atoms. The van der Waals surface area contributed by atoms with Gasteiger partial charge >= 0.3 is 0 Å². The van der Waals surface area contributed by atoms with E-state index in [1.165, 1.54) is 25.7 Å². The van der Waals surface area contributed by atoms with E-state index < -0.39 is 0 Å². The van der Waals surface area contributed by atoms with E-state index in [1.807, 2.05) is 6.20 Å². The Hall–Kier alpha value is -1.16. The quantitative estimate of drug-likeness (QED) is 0.892. The minimum atomic E-state index is 0.453. The molecule has 1 aliphatic rings. The Morgan fingerprint density at radius 1 is 1.28 bits per heavy atom. The third-order valence-electron chi connectivity index (χ3n) is 4.12. The number of nitrogens with two attached hydrogens (primary N) is 1. The van der Waals surface area contributed by atoms with Crippen molar-refractivity contribution in [1.82, 2.24) is 9.97 Å². The summed E-state index contributed by atoms with van der Waals surface area (Å²) in [5.74, 6) is 0.955. The highest BCUT2D eigenvalue weighted by molar-refractivity contribution is 5.36. The molecule has 0 amide bonds. The Morgan fingerprint density at radius 2 is 1.94 bits per heavy atom. The maximum absolute atomic E-state index is 5.53. The predicted octanol–water partition coefficient (Wildman–Crippen LogP) is 2.34. The predicted molar refractivity (Wildman–Crippen MR) is 74.4 cm³/mol. The van der Waals surface area contributed by atoms with Crippen LogP contribution in [0.4, 0.5) is 5.82 Å². The molecule has 2 N–H and O–H groups in total. The Labute approximate surface area is 110 Å². The molecule has 0 radical (unpaired) electrons. The van der Waals surface area contributed by atoms with Crippen molar-refractivity contribution in [1.29, 1.82) is 0 Å². The van der Waals surface area contributed by atoms with Gasteiger partial charge in [-0.1, -0.05) is 13.8 Å². The largest absolute Gasteiger partial charge is 0.355 e. The summed E-state index contributed by atoms with van der Waals surface area (Å²) in [6, 6.07) is 0.594. The Kier molecular flexibility index (Phi) is 3.85. The summed E-state index contributed by atoms with van der Waals surface area (Å²) in [6.07, 6.45) is 8.67. The highest BCUT2D eigenvalue weighted by Gasteiger charge is 2.29. The fraction of sp³-hybridized carbons (Fsp3) is 0.714. The molecule has 0 aromatic carbocycles. The smallest absolute Gasteiger partial charge is 0.147 e. The summed E-state index contributed by atoms with van der Waals surface area (Å²) in [6.45, 7) is 5.17. The van der Waals surface area contributed by atoms with Crippen molar-refractivity contribution >= 4 is 5.82 Å². The second kappa shape index (κ2) is 5.22. The molecule has 1 aliphatic carbocycles. The van der Waals surface area contributed by atoms with Gasteiger partial charge in [-0.3, -0.25) is 4.98 Å². The van der Waals surface area contributed by atoms with E-state index in [9.17, 15) is 0 Å². The minimum absolute atomic E-state index is 0.453. The van der Waals surface area contributed by atoms with Crippen molar-refractivity contribution in [3.63, 3.8) is 0 Å². The number of nitrogens with zero attached hydrogens (tertiary/aromatic N) is 3. The average molecular weight is 248 g/mol. The molecule has 0 aliphatic heterocycles. The van der Waals surface area contributed by atoms with E-state index >= 15 is 0 Å². The van der Waals surface area contributed by atoms with Gasteiger partial charge < -0.3 is 10.6 Å². The number of hydrogen-bond donors (Lipinski definition) is 1. The molecule has 0 saturated heterocycles. The maximum Gasteiger partial charge on any atom is 0.147 e. The zero-order chi connectivity index (χ0) is 13.2. The van der Waals surface area contributed by atoms with Gasteiger partial charge in [0.2, 0.25) is 0 Å². The van der Waals surface area contributed by atoms with Crippen LogP contribution >= 0.6 is 0 Å². The maximum atomic E-state index is 5.53. The minimum Gasteiger partial charge on any atom is -0.355 e. The van der Waals surface area contributed by atoms with Gasteiger partial charge in [-0.25, -0.2) is 4.98 Å². The summed E-state index contributed by atoms with van der Waals surface area (Å²) in [4.78, 5) is 11.0. The molecule has 18 heavy (non-hydrogen) atoms. The molecule has 4 nitrogen and oxygen atoms in total. The van der Waals surface area contributed by atoms with Crippen LogP contribution in [0.3, 0.4) is 0 Å². The number of aromatic nitrogens is 2. The summed E-state index contributed by atoms with van der Waals surface area (Å²) < 4.78 is 0. The first-order chi connectivity index (χ1) is 8.52. The summed E-state index contributed by atoms with van der Waals surface area (Å²) in [5, 5.41) is 0. The Bertz CT molecular complexity index is 375. The van der Waals surface area contributed by atoms with E-state index in [1.54, 1.807) is 6.20 Å². The van der Waals surface area contributed by atoms with Gasteiger partial charge in [0, 0.05) is 19.6 Å². The SMILES string of the molecule is CN(c1cnc(CN)cn1)C1CCC(C)(C)CC1. The van der Waals surface area contributed by atoms with Crippen LogP contribution in [-0.2, 0) is 6.54 Å². The van der Waals surface area contributed by atoms with E-state index in [4.69, 9.17) is 5.73 Å². The van der Waals surface area contributed by atoms with Crippen LogP contribution in [-0.4, -0.2) is 23.1 Å². The highest BCUT2D eigenvalue weighted by Crippen LogP contribution is 2.37. The normalized spacial score (nSPS) is 19.8. The number of rotatable bonds is 3. The van der Waals surface area contributed by atoms with Crippen molar-refractivity contribution in [2.45, 2.75) is 52.1 Å². The van der Waals surface area contributed by atoms with Gasteiger partial charge in [0.25, 0.3) is 0 Å². The van der Waals surface area contributed by atoms with Crippen LogP contribution in [0.15, 0.2) is 12.4 Å². The van der Waals surface area contributed by atoms with Crippen molar-refractivity contribution in [2.75, 3.05) is 11.9 Å². The molecule has 2 rings (SSSR count). The molecule has 100 valence electrons. The standard InChI is InChI=1S/C14H24N4/c1-14(2)6-4-12(5-7-14)18(3)13-10-16-11(8-15)9-17-13/h9-10,12H,4-8,15H2,1-3H3. The fourth-order valence-electron chi connectivity index (χ4n) is 2.59. The van der Waals surface area contributed by atoms with Crippen molar-refractivity contribution in [3.8, 4) is 0 Å². The van der Waals surface area contributed by atoms with Gasteiger partial charge in [-0.05, 0) is 31.1 Å². The molecule has 1 aromatic rings. The van der Waals surface area contributed by atoms with Crippen LogP contribution in [0.25, 0.3) is 0 Å². The third-order valence-corrected chi connectivity index (χ3v) is 4.12. The molecule has 1 fully saturated rings. The Morgan fingerprint density at radius 3 is 2.44 bits per heavy atom. The van der Waals surface area contributed by atoms with Crippen LogP contribution in [0.2, 0.25) is 0 Å². The van der Waals surface area contributed by atoms with E-state index in [0.29, 0.717) is 18.0 Å². The van der Waals surface area contributed by atoms with Crippen molar-refractivity contribution in [2.24, 2.45) is 11.1 Å². The first-order valence-electron chi connectivity index (χ1n) is 6.76. The summed E-state index contributed by atoms with van der Waals surface area (Å²) >= 11 is 0. The summed E-state index contributed by atoms with van der Waals surface area (Å²) in [7, 11) is 2.12. The molecule has 0 atom stereocenters. The zero-order valence-corrected chi connectivity index (χ0v) is 11.7. The summed E-state index contributed by atoms with van der Waals surface area (Å²) in [5.41, 5.74) is 6.88. The third kappa shape index (κ3) is 2.99. The molecule has 1 saturated carbocycles. The van der Waals surface area contributed by atoms with Crippen LogP contribution in [0.1, 0.15) is 45.2 Å². The molecule has 1 aromatic heterocycles. The van der Waals surface area contributed by atoms with Crippen molar-refractivity contribution < 1.29 is 0 Å². The lowest BCUT2D eigenvalue weighted by atomic mass is 9.75. The van der Waals surface area contributed by atoms with Gasteiger partial charge in [0.05, 0.1) is 18.1 Å². The van der Waals surface area contributed by atoms with Crippen molar-refractivity contribution in [3.05, 3.63) is 18.1 Å². The second-order valence-electron chi connectivity index (χ2n) is 6.08.